The van der Waals surface area contributed by atoms with Crippen molar-refractivity contribution < 1.29 is 36.5 Å². The molecule has 0 spiro atoms. The van der Waals surface area contributed by atoms with E-state index in [0.717, 1.165) is 12.3 Å². The molecular formula is C19H21F4N3O4. The van der Waals surface area contributed by atoms with Crippen molar-refractivity contribution in [1.29, 1.82) is 0 Å². The maximum atomic E-state index is 14.4. The Balaban J connectivity index is 1.60. The van der Waals surface area contributed by atoms with Crippen LogP contribution >= 0.6 is 0 Å². The van der Waals surface area contributed by atoms with Gasteiger partial charge < -0.3 is 18.9 Å². The van der Waals surface area contributed by atoms with Crippen molar-refractivity contribution in [2.75, 3.05) is 40.5 Å². The lowest BCUT2D eigenvalue weighted by Gasteiger charge is -2.32. The number of alkyl halides is 3. The van der Waals surface area contributed by atoms with Crippen LogP contribution in [0.5, 0.6) is 17.5 Å². The Morgan fingerprint density at radius 3 is 2.63 bits per heavy atom. The molecule has 2 heterocycles. The standard InChI is InChI=1S/C19H21F4N3O4/c1-27-15-7-12(14(20)8-16(15)28-2)9-26-5-6-29-13(10-26)11-30-18-24-4-3-17(25-18)19(21,22)23/h3-4,7-8,13H,5-6,9-11H2,1-2H3. The molecule has 2 aromatic rings. The van der Waals surface area contributed by atoms with Gasteiger partial charge in [0.2, 0.25) is 0 Å². The van der Waals surface area contributed by atoms with Crippen molar-refractivity contribution in [3.05, 3.63) is 41.5 Å². The third-order valence-corrected chi connectivity index (χ3v) is 4.49. The van der Waals surface area contributed by atoms with Gasteiger partial charge in [-0.3, -0.25) is 4.90 Å². The molecule has 0 aliphatic carbocycles. The summed E-state index contributed by atoms with van der Waals surface area (Å²) < 4.78 is 73.8. The van der Waals surface area contributed by atoms with E-state index in [-0.39, 0.29) is 12.6 Å². The van der Waals surface area contributed by atoms with E-state index in [9.17, 15) is 17.6 Å². The molecule has 1 aromatic heterocycles. The summed E-state index contributed by atoms with van der Waals surface area (Å²) in [5.41, 5.74) is -0.655. The maximum absolute atomic E-state index is 14.4. The summed E-state index contributed by atoms with van der Waals surface area (Å²) >= 11 is 0. The Labute approximate surface area is 170 Å². The van der Waals surface area contributed by atoms with Gasteiger partial charge in [-0.05, 0) is 12.1 Å². The lowest BCUT2D eigenvalue weighted by atomic mass is 10.1. The molecule has 3 rings (SSSR count). The monoisotopic (exact) mass is 431 g/mol. The van der Waals surface area contributed by atoms with Gasteiger partial charge in [-0.25, -0.2) is 9.37 Å². The summed E-state index contributed by atoms with van der Waals surface area (Å²) in [6.07, 6.45) is -4.03. The zero-order valence-corrected chi connectivity index (χ0v) is 16.4. The Bertz CT molecular complexity index is 866. The van der Waals surface area contributed by atoms with Gasteiger partial charge in [0.05, 0.1) is 20.8 Å². The van der Waals surface area contributed by atoms with Gasteiger partial charge in [-0.2, -0.15) is 18.2 Å². The molecule has 0 radical (unpaired) electrons. The van der Waals surface area contributed by atoms with E-state index in [1.165, 1.54) is 20.3 Å². The first-order chi connectivity index (χ1) is 14.3. The van der Waals surface area contributed by atoms with E-state index in [4.69, 9.17) is 18.9 Å². The maximum Gasteiger partial charge on any atom is 0.433 e. The average Bonchev–Trinajstić information content (AvgIpc) is 2.73. The minimum atomic E-state index is -4.58. The van der Waals surface area contributed by atoms with Crippen LogP contribution in [0.4, 0.5) is 17.6 Å². The molecule has 1 atom stereocenters. The molecule has 1 aromatic carbocycles. The summed E-state index contributed by atoms with van der Waals surface area (Å²) in [5.74, 6) is 0.293. The quantitative estimate of drug-likeness (QED) is 0.625. The Kier molecular flexibility index (Phi) is 6.93. The third kappa shape index (κ3) is 5.48. The third-order valence-electron chi connectivity index (χ3n) is 4.49. The minimum absolute atomic E-state index is 0.0355. The average molecular weight is 431 g/mol. The van der Waals surface area contributed by atoms with Gasteiger partial charge >= 0.3 is 12.2 Å². The lowest BCUT2D eigenvalue weighted by molar-refractivity contribution is -0.141. The van der Waals surface area contributed by atoms with Crippen molar-refractivity contribution in [3.63, 3.8) is 0 Å². The van der Waals surface area contributed by atoms with Crippen LogP contribution in [0, 0.1) is 5.82 Å². The molecule has 0 amide bonds. The number of ether oxygens (including phenoxy) is 4. The van der Waals surface area contributed by atoms with Crippen LogP contribution in [0.3, 0.4) is 0 Å². The van der Waals surface area contributed by atoms with Crippen LogP contribution in [-0.2, 0) is 17.5 Å². The van der Waals surface area contributed by atoms with E-state index in [2.05, 4.69) is 9.97 Å². The van der Waals surface area contributed by atoms with E-state index in [1.807, 2.05) is 4.90 Å². The zero-order valence-electron chi connectivity index (χ0n) is 16.4. The predicted molar refractivity (Wildman–Crippen MR) is 97.1 cm³/mol. The number of morpholine rings is 1. The van der Waals surface area contributed by atoms with Gasteiger partial charge in [-0.1, -0.05) is 0 Å². The van der Waals surface area contributed by atoms with Gasteiger partial charge in [0, 0.05) is 37.5 Å². The molecule has 0 N–H and O–H groups in total. The first kappa shape index (κ1) is 22.0. The number of aromatic nitrogens is 2. The molecule has 1 unspecified atom stereocenters. The van der Waals surface area contributed by atoms with E-state index in [1.54, 1.807) is 6.07 Å². The molecule has 0 bridgehead atoms. The van der Waals surface area contributed by atoms with Crippen LogP contribution in [0.1, 0.15) is 11.3 Å². The Morgan fingerprint density at radius 1 is 1.20 bits per heavy atom. The van der Waals surface area contributed by atoms with E-state index in [0.29, 0.717) is 43.3 Å². The molecule has 1 aliphatic heterocycles. The van der Waals surface area contributed by atoms with E-state index < -0.39 is 23.8 Å². The van der Waals surface area contributed by atoms with Crippen LogP contribution < -0.4 is 14.2 Å². The molecule has 0 saturated carbocycles. The first-order valence-electron chi connectivity index (χ1n) is 9.07. The second-order valence-corrected chi connectivity index (χ2v) is 6.56. The summed E-state index contributed by atoms with van der Waals surface area (Å²) in [6, 6.07) is 3.23. The molecule has 11 heteroatoms. The fourth-order valence-electron chi connectivity index (χ4n) is 3.02. The summed E-state index contributed by atoms with van der Waals surface area (Å²) in [4.78, 5) is 9.01. The predicted octanol–water partition coefficient (Wildman–Crippen LogP) is 2.93. The van der Waals surface area contributed by atoms with Crippen LogP contribution in [-0.4, -0.2) is 61.5 Å². The number of hydrogen-bond acceptors (Lipinski definition) is 7. The van der Waals surface area contributed by atoms with Crippen LogP contribution in [0.2, 0.25) is 0 Å². The highest BCUT2D eigenvalue weighted by molar-refractivity contribution is 5.43. The SMILES string of the molecule is COc1cc(F)c(CN2CCOC(COc3nccc(C(F)(F)F)n3)C2)cc1OC. The highest BCUT2D eigenvalue weighted by atomic mass is 19.4. The second kappa shape index (κ2) is 9.43. The van der Waals surface area contributed by atoms with Gasteiger partial charge in [-0.15, -0.1) is 0 Å². The van der Waals surface area contributed by atoms with Gasteiger partial charge in [0.15, 0.2) is 17.2 Å². The molecule has 1 aliphatic rings. The second-order valence-electron chi connectivity index (χ2n) is 6.56. The van der Waals surface area contributed by atoms with E-state index >= 15 is 0 Å². The van der Waals surface area contributed by atoms with Gasteiger partial charge in [0.25, 0.3) is 0 Å². The smallest absolute Gasteiger partial charge is 0.433 e. The fourth-order valence-corrected chi connectivity index (χ4v) is 3.02. The minimum Gasteiger partial charge on any atom is -0.493 e. The van der Waals surface area contributed by atoms with Crippen LogP contribution in [0.15, 0.2) is 24.4 Å². The fraction of sp³-hybridized carbons (Fsp3) is 0.474. The van der Waals surface area contributed by atoms with Crippen LogP contribution in [0.25, 0.3) is 0 Å². The number of hydrogen-bond donors (Lipinski definition) is 0. The molecule has 164 valence electrons. The highest BCUT2D eigenvalue weighted by Gasteiger charge is 2.33. The zero-order chi connectivity index (χ0) is 21.7. The Morgan fingerprint density at radius 2 is 1.93 bits per heavy atom. The van der Waals surface area contributed by atoms with Gasteiger partial charge in [0.1, 0.15) is 18.5 Å². The largest absolute Gasteiger partial charge is 0.493 e. The number of benzene rings is 1. The van der Waals surface area contributed by atoms with Crippen molar-refractivity contribution in [1.82, 2.24) is 14.9 Å². The number of rotatable bonds is 7. The number of halogens is 4. The summed E-state index contributed by atoms with van der Waals surface area (Å²) in [5, 5.41) is 0. The molecular weight excluding hydrogens is 410 g/mol. The topological polar surface area (TPSA) is 65.9 Å². The van der Waals surface area contributed by atoms with Crippen molar-refractivity contribution >= 4 is 0 Å². The number of nitrogens with zero attached hydrogens (tertiary/aromatic N) is 3. The van der Waals surface area contributed by atoms with Crippen molar-refractivity contribution in [3.8, 4) is 17.5 Å². The summed E-state index contributed by atoms with van der Waals surface area (Å²) in [7, 11) is 2.90. The van der Waals surface area contributed by atoms with Crippen molar-refractivity contribution in [2.24, 2.45) is 0 Å². The van der Waals surface area contributed by atoms with Crippen molar-refractivity contribution in [2.45, 2.75) is 18.8 Å². The summed E-state index contributed by atoms with van der Waals surface area (Å²) in [6.45, 7) is 1.59. The molecule has 1 fully saturated rings. The molecule has 30 heavy (non-hydrogen) atoms. The lowest BCUT2D eigenvalue weighted by Crippen LogP contribution is -2.44. The normalized spacial score (nSPS) is 17.6. The molecule has 7 nitrogen and oxygen atoms in total. The number of methoxy groups -OCH3 is 2. The Hall–Kier alpha value is -2.66. The molecule has 1 saturated heterocycles. The highest BCUT2D eigenvalue weighted by Crippen LogP contribution is 2.31. The first-order valence-corrected chi connectivity index (χ1v) is 9.07.